The van der Waals surface area contributed by atoms with Gasteiger partial charge in [-0.05, 0) is 24.3 Å². The van der Waals surface area contributed by atoms with Crippen molar-refractivity contribution in [1.82, 2.24) is 15.0 Å². The summed E-state index contributed by atoms with van der Waals surface area (Å²) >= 11 is 0. The molecule has 0 saturated carbocycles. The first-order valence-corrected chi connectivity index (χ1v) is 5.50. The molecule has 0 spiro atoms. The highest BCUT2D eigenvalue weighted by Gasteiger charge is 2.10. The highest BCUT2D eigenvalue weighted by Crippen LogP contribution is 2.22. The summed E-state index contributed by atoms with van der Waals surface area (Å²) in [4.78, 5) is 11.6. The zero-order valence-corrected chi connectivity index (χ0v) is 9.62. The van der Waals surface area contributed by atoms with Crippen LogP contribution in [0.5, 0.6) is 5.75 Å². The molecule has 2 aromatic carbocycles. The summed E-state index contributed by atoms with van der Waals surface area (Å²) in [5.41, 5.74) is 0.0359. The molecule has 0 bridgehead atoms. The number of nitrogens with zero attached hydrogens (tertiary/aromatic N) is 3. The molecular formula is C13H8FN3O2. The fourth-order valence-corrected chi connectivity index (χ4v) is 1.87. The van der Waals surface area contributed by atoms with E-state index in [1.54, 1.807) is 18.2 Å². The van der Waals surface area contributed by atoms with Crippen molar-refractivity contribution in [2.75, 3.05) is 0 Å². The van der Waals surface area contributed by atoms with Gasteiger partial charge < -0.3 is 5.11 Å². The third-order valence-electron chi connectivity index (χ3n) is 2.75. The summed E-state index contributed by atoms with van der Waals surface area (Å²) < 4.78 is 14.6. The first-order valence-electron chi connectivity index (χ1n) is 5.50. The Balaban J connectivity index is 2.43. The van der Waals surface area contributed by atoms with Crippen molar-refractivity contribution < 1.29 is 9.50 Å². The van der Waals surface area contributed by atoms with Crippen LogP contribution in [0.3, 0.4) is 0 Å². The van der Waals surface area contributed by atoms with Crippen molar-refractivity contribution >= 4 is 10.9 Å². The van der Waals surface area contributed by atoms with E-state index in [1.807, 2.05) is 0 Å². The Labute approximate surface area is 106 Å². The lowest BCUT2D eigenvalue weighted by Crippen LogP contribution is -2.16. The van der Waals surface area contributed by atoms with Crippen LogP contribution >= 0.6 is 0 Å². The molecule has 1 N–H and O–H groups in total. The van der Waals surface area contributed by atoms with Gasteiger partial charge in [0, 0.05) is 6.07 Å². The van der Waals surface area contributed by atoms with Crippen LogP contribution < -0.4 is 5.56 Å². The fourth-order valence-electron chi connectivity index (χ4n) is 1.87. The number of hydrogen-bond acceptors (Lipinski definition) is 4. The second kappa shape index (κ2) is 4.16. The van der Waals surface area contributed by atoms with Crippen molar-refractivity contribution in [2.45, 2.75) is 0 Å². The number of hydrogen-bond donors (Lipinski definition) is 1. The minimum Gasteiger partial charge on any atom is -0.506 e. The molecule has 1 aromatic heterocycles. The van der Waals surface area contributed by atoms with Gasteiger partial charge in [0.1, 0.15) is 17.3 Å². The molecule has 1 heterocycles. The minimum atomic E-state index is -0.540. The Morgan fingerprint density at radius 2 is 1.95 bits per heavy atom. The van der Waals surface area contributed by atoms with E-state index in [0.29, 0.717) is 5.69 Å². The molecule has 0 aliphatic heterocycles. The molecule has 5 nitrogen and oxygen atoms in total. The summed E-state index contributed by atoms with van der Waals surface area (Å²) in [7, 11) is 0. The predicted molar refractivity (Wildman–Crippen MR) is 66.8 cm³/mol. The Kier molecular flexibility index (Phi) is 2.49. The van der Waals surface area contributed by atoms with Gasteiger partial charge in [0.05, 0.1) is 10.9 Å². The summed E-state index contributed by atoms with van der Waals surface area (Å²) in [6, 6.07) is 10.1. The standard InChI is InChI=1S/C13H8FN3O2/c14-8-5-6-9-11(7-8)17(16-15-13(9)19)10-3-1-2-4-12(10)18/h1-7,18H. The molecule has 0 aliphatic rings. The maximum Gasteiger partial charge on any atom is 0.299 e. The van der Waals surface area contributed by atoms with Crippen LogP contribution in [0.1, 0.15) is 0 Å². The Morgan fingerprint density at radius 1 is 1.16 bits per heavy atom. The molecule has 0 saturated heterocycles. The zero-order chi connectivity index (χ0) is 13.4. The third-order valence-corrected chi connectivity index (χ3v) is 2.75. The van der Waals surface area contributed by atoms with E-state index in [0.717, 1.165) is 0 Å². The van der Waals surface area contributed by atoms with E-state index in [4.69, 9.17) is 0 Å². The number of rotatable bonds is 1. The highest BCUT2D eigenvalue weighted by molar-refractivity contribution is 5.79. The normalized spacial score (nSPS) is 10.8. The van der Waals surface area contributed by atoms with Crippen LogP contribution in [-0.2, 0) is 0 Å². The molecular weight excluding hydrogens is 249 g/mol. The number of phenolic OH excluding ortho intramolecular Hbond substituents is 1. The lowest BCUT2D eigenvalue weighted by molar-refractivity contribution is 0.469. The highest BCUT2D eigenvalue weighted by atomic mass is 19.1. The minimum absolute atomic E-state index is 0.0361. The van der Waals surface area contributed by atoms with Crippen molar-refractivity contribution in [2.24, 2.45) is 0 Å². The van der Waals surface area contributed by atoms with Gasteiger partial charge in [-0.3, -0.25) is 4.79 Å². The van der Waals surface area contributed by atoms with Gasteiger partial charge >= 0.3 is 0 Å². The third kappa shape index (κ3) is 1.83. The van der Waals surface area contributed by atoms with E-state index in [-0.39, 0.29) is 16.7 Å². The Bertz CT molecular complexity index is 829. The molecule has 0 atom stereocenters. The van der Waals surface area contributed by atoms with E-state index >= 15 is 0 Å². The van der Waals surface area contributed by atoms with Gasteiger partial charge in [0.2, 0.25) is 0 Å². The number of aromatic nitrogens is 3. The number of phenols is 1. The molecule has 6 heteroatoms. The van der Waals surface area contributed by atoms with E-state index in [9.17, 15) is 14.3 Å². The first-order chi connectivity index (χ1) is 9.16. The van der Waals surface area contributed by atoms with Gasteiger partial charge in [0.15, 0.2) is 0 Å². The molecule has 0 unspecified atom stereocenters. The molecule has 0 fully saturated rings. The molecule has 94 valence electrons. The molecule has 0 radical (unpaired) electrons. The van der Waals surface area contributed by atoms with Crippen molar-refractivity contribution in [1.29, 1.82) is 0 Å². The smallest absolute Gasteiger partial charge is 0.299 e. The van der Waals surface area contributed by atoms with Gasteiger partial charge in [0.25, 0.3) is 5.56 Å². The SMILES string of the molecule is O=c1nnn(-c2ccccc2O)c2cc(F)ccc12. The summed E-state index contributed by atoms with van der Waals surface area (Å²) in [5.74, 6) is -0.532. The topological polar surface area (TPSA) is 68.0 Å². The molecule has 3 rings (SSSR count). The van der Waals surface area contributed by atoms with Crippen molar-refractivity contribution in [3.05, 3.63) is 58.6 Å². The predicted octanol–water partition coefficient (Wildman–Crippen LogP) is 1.63. The summed E-state index contributed by atoms with van der Waals surface area (Å²) in [6.07, 6.45) is 0. The maximum atomic E-state index is 13.3. The van der Waals surface area contributed by atoms with E-state index in [2.05, 4.69) is 10.3 Å². The lowest BCUT2D eigenvalue weighted by atomic mass is 10.2. The summed E-state index contributed by atoms with van der Waals surface area (Å²) in [5, 5.41) is 17.2. The number of aromatic hydroxyl groups is 1. The number of halogens is 1. The van der Waals surface area contributed by atoms with Crippen molar-refractivity contribution in [3.8, 4) is 11.4 Å². The maximum absolute atomic E-state index is 13.3. The molecule has 3 aromatic rings. The molecule has 0 aliphatic carbocycles. The van der Waals surface area contributed by atoms with Gasteiger partial charge in [-0.2, -0.15) is 0 Å². The summed E-state index contributed by atoms with van der Waals surface area (Å²) in [6.45, 7) is 0. The van der Waals surface area contributed by atoms with Gasteiger partial charge in [-0.15, -0.1) is 0 Å². The molecule has 0 amide bonds. The second-order valence-corrected chi connectivity index (χ2v) is 3.96. The molecule has 19 heavy (non-hydrogen) atoms. The van der Waals surface area contributed by atoms with Gasteiger partial charge in [-0.1, -0.05) is 22.4 Å². The average Bonchev–Trinajstić information content (AvgIpc) is 2.40. The van der Waals surface area contributed by atoms with Crippen LogP contribution in [0.15, 0.2) is 47.3 Å². The number of para-hydroxylation sites is 2. The lowest BCUT2D eigenvalue weighted by Gasteiger charge is -2.09. The number of benzene rings is 2. The monoisotopic (exact) mass is 257 g/mol. The zero-order valence-electron chi connectivity index (χ0n) is 9.62. The van der Waals surface area contributed by atoms with Crippen LogP contribution in [0, 0.1) is 5.82 Å². The Hall–Kier alpha value is -2.76. The first kappa shape index (κ1) is 11.3. The number of fused-ring (bicyclic) bond motifs is 1. The largest absolute Gasteiger partial charge is 0.506 e. The van der Waals surface area contributed by atoms with E-state index in [1.165, 1.54) is 28.9 Å². The Morgan fingerprint density at radius 3 is 2.74 bits per heavy atom. The quantitative estimate of drug-likeness (QED) is 0.719. The average molecular weight is 257 g/mol. The van der Waals surface area contributed by atoms with Crippen LogP contribution in [0.4, 0.5) is 4.39 Å². The fraction of sp³-hybridized carbons (Fsp3) is 0. The second-order valence-electron chi connectivity index (χ2n) is 3.96. The van der Waals surface area contributed by atoms with Gasteiger partial charge in [-0.25, -0.2) is 9.07 Å². The van der Waals surface area contributed by atoms with Crippen LogP contribution in [-0.4, -0.2) is 20.1 Å². The van der Waals surface area contributed by atoms with Crippen LogP contribution in [0.25, 0.3) is 16.6 Å². The van der Waals surface area contributed by atoms with E-state index < -0.39 is 11.4 Å². The van der Waals surface area contributed by atoms with Crippen molar-refractivity contribution in [3.63, 3.8) is 0 Å². The van der Waals surface area contributed by atoms with Crippen LogP contribution in [0.2, 0.25) is 0 Å².